The van der Waals surface area contributed by atoms with Crippen LogP contribution in [0.25, 0.3) is 21.7 Å². The fourth-order valence-electron chi connectivity index (χ4n) is 4.54. The second kappa shape index (κ2) is 8.08. The summed E-state index contributed by atoms with van der Waals surface area (Å²) in [7, 11) is 0. The van der Waals surface area contributed by atoms with Gasteiger partial charge in [0.15, 0.2) is 5.82 Å². The van der Waals surface area contributed by atoms with Crippen LogP contribution in [0.1, 0.15) is 49.5 Å². The molecule has 3 heterocycles. The van der Waals surface area contributed by atoms with Crippen molar-refractivity contribution in [3.63, 3.8) is 0 Å². The number of hydrogen-bond acceptors (Lipinski definition) is 7. The van der Waals surface area contributed by atoms with E-state index in [-0.39, 0.29) is 11.6 Å². The molecule has 1 saturated heterocycles. The number of rotatable bonds is 6. The number of nitrogens with zero attached hydrogens (tertiary/aromatic N) is 4. The zero-order valence-electron chi connectivity index (χ0n) is 17.8. The van der Waals surface area contributed by atoms with Crippen LogP contribution in [0.3, 0.4) is 0 Å². The van der Waals surface area contributed by atoms with Gasteiger partial charge in [0, 0.05) is 48.4 Å². The maximum Gasteiger partial charge on any atom is 0.151 e. The van der Waals surface area contributed by atoms with Crippen LogP contribution in [0.15, 0.2) is 30.5 Å². The molecule has 1 unspecified atom stereocenters. The van der Waals surface area contributed by atoms with Gasteiger partial charge in [-0.25, -0.2) is 9.37 Å². The first kappa shape index (κ1) is 20.1. The lowest BCUT2D eigenvalue weighted by Crippen LogP contribution is -2.43. The van der Waals surface area contributed by atoms with Crippen LogP contribution in [0.2, 0.25) is 0 Å². The Labute approximate surface area is 190 Å². The molecule has 166 valence electrons. The minimum Gasteiger partial charge on any atom is -0.507 e. The van der Waals surface area contributed by atoms with Gasteiger partial charge >= 0.3 is 0 Å². The van der Waals surface area contributed by atoms with Gasteiger partial charge in [-0.2, -0.15) is 0 Å². The van der Waals surface area contributed by atoms with Crippen LogP contribution < -0.4 is 10.2 Å². The molecule has 8 heteroatoms. The predicted octanol–water partition coefficient (Wildman–Crippen LogP) is 4.71. The normalized spacial score (nSPS) is 21.2. The standard InChI is InChI=1S/C24H26FN5OS/c25-19-10-18(21(31)11-17(19)22-12-26-24(32-22)14-4-5-14)20-6-7-23(29-28-20)30-9-8-16(13-30)27-15-2-1-3-15/h6-7,10-12,14-16,27,31H,1-5,8-9,13H2. The maximum absolute atomic E-state index is 14.9. The molecule has 3 aromatic rings. The van der Waals surface area contributed by atoms with E-state index >= 15 is 0 Å². The van der Waals surface area contributed by atoms with Crippen molar-refractivity contribution >= 4 is 17.2 Å². The SMILES string of the molecule is Oc1cc(-c2cnc(C3CC3)s2)c(F)cc1-c1ccc(N2CCC(NC3CCC3)C2)nn1. The number of nitrogens with one attached hydrogen (secondary N) is 1. The summed E-state index contributed by atoms with van der Waals surface area (Å²) in [5.41, 5.74) is 1.19. The third kappa shape index (κ3) is 3.86. The summed E-state index contributed by atoms with van der Waals surface area (Å²) in [4.78, 5) is 7.40. The predicted molar refractivity (Wildman–Crippen MR) is 124 cm³/mol. The summed E-state index contributed by atoms with van der Waals surface area (Å²) in [6.07, 6.45) is 9.03. The van der Waals surface area contributed by atoms with Crippen LogP contribution in [-0.4, -0.2) is 45.5 Å². The molecule has 2 aliphatic carbocycles. The van der Waals surface area contributed by atoms with Crippen molar-refractivity contribution in [3.05, 3.63) is 41.3 Å². The third-order valence-electron chi connectivity index (χ3n) is 6.82. The van der Waals surface area contributed by atoms with Gasteiger partial charge in [-0.1, -0.05) is 6.42 Å². The van der Waals surface area contributed by atoms with Crippen LogP contribution in [0.4, 0.5) is 10.2 Å². The number of phenolic OH excluding ortho intramolecular Hbond substituents is 1. The number of aromatic hydroxyl groups is 1. The Morgan fingerprint density at radius 2 is 1.91 bits per heavy atom. The molecule has 1 atom stereocenters. The number of benzene rings is 1. The first-order valence-electron chi connectivity index (χ1n) is 11.5. The Bertz CT molecular complexity index is 1130. The summed E-state index contributed by atoms with van der Waals surface area (Å²) in [5.74, 6) is 0.953. The number of thiazole rings is 1. The van der Waals surface area contributed by atoms with Crippen LogP contribution in [0, 0.1) is 5.82 Å². The Hall–Kier alpha value is -2.58. The van der Waals surface area contributed by atoms with Crippen LogP contribution in [0.5, 0.6) is 5.75 Å². The fraction of sp³-hybridized carbons (Fsp3) is 0.458. The van der Waals surface area contributed by atoms with Crippen molar-refractivity contribution in [2.45, 2.75) is 56.5 Å². The Balaban J connectivity index is 1.18. The molecule has 0 amide bonds. The van der Waals surface area contributed by atoms with Crippen molar-refractivity contribution in [2.75, 3.05) is 18.0 Å². The van der Waals surface area contributed by atoms with E-state index in [9.17, 15) is 9.50 Å². The van der Waals surface area contributed by atoms with E-state index in [0.717, 1.165) is 48.1 Å². The number of halogens is 1. The molecule has 6 nitrogen and oxygen atoms in total. The number of anilines is 1. The van der Waals surface area contributed by atoms with Crippen molar-refractivity contribution < 1.29 is 9.50 Å². The van der Waals surface area contributed by atoms with Crippen molar-refractivity contribution in [2.24, 2.45) is 0 Å². The van der Waals surface area contributed by atoms with Gasteiger partial charge in [-0.3, -0.25) is 0 Å². The largest absolute Gasteiger partial charge is 0.507 e. The van der Waals surface area contributed by atoms with E-state index in [0.29, 0.717) is 34.8 Å². The smallest absolute Gasteiger partial charge is 0.151 e. The average Bonchev–Trinajstić information content (AvgIpc) is 3.31. The molecule has 3 aliphatic rings. The monoisotopic (exact) mass is 451 g/mol. The van der Waals surface area contributed by atoms with Gasteiger partial charge in [0.1, 0.15) is 11.6 Å². The van der Waals surface area contributed by atoms with E-state index < -0.39 is 0 Å². The minimum absolute atomic E-state index is 0.00393. The zero-order valence-corrected chi connectivity index (χ0v) is 18.6. The highest BCUT2D eigenvalue weighted by Crippen LogP contribution is 2.44. The first-order valence-corrected chi connectivity index (χ1v) is 12.3. The topological polar surface area (TPSA) is 74.2 Å². The molecule has 3 fully saturated rings. The number of aromatic nitrogens is 3. The quantitative estimate of drug-likeness (QED) is 0.565. The molecule has 1 aliphatic heterocycles. The van der Waals surface area contributed by atoms with Gasteiger partial charge in [0.2, 0.25) is 0 Å². The van der Waals surface area contributed by atoms with E-state index in [1.54, 1.807) is 12.3 Å². The van der Waals surface area contributed by atoms with Gasteiger partial charge in [-0.15, -0.1) is 21.5 Å². The van der Waals surface area contributed by atoms with Gasteiger partial charge in [-0.05, 0) is 56.4 Å². The molecule has 2 N–H and O–H groups in total. The maximum atomic E-state index is 14.9. The molecule has 2 aromatic heterocycles. The van der Waals surface area contributed by atoms with Crippen molar-refractivity contribution in [3.8, 4) is 27.4 Å². The fourth-order valence-corrected chi connectivity index (χ4v) is 5.64. The van der Waals surface area contributed by atoms with Gasteiger partial charge in [0.05, 0.1) is 15.6 Å². The Morgan fingerprint density at radius 1 is 1.03 bits per heavy atom. The third-order valence-corrected chi connectivity index (χ3v) is 8.01. The molecular weight excluding hydrogens is 425 g/mol. The lowest BCUT2D eigenvalue weighted by Gasteiger charge is -2.29. The highest BCUT2D eigenvalue weighted by atomic mass is 32.1. The highest BCUT2D eigenvalue weighted by molar-refractivity contribution is 7.15. The molecular formula is C24H26FN5OS. The average molecular weight is 452 g/mol. The minimum atomic E-state index is -0.390. The second-order valence-electron chi connectivity index (χ2n) is 9.19. The lowest BCUT2D eigenvalue weighted by molar-refractivity contribution is 0.311. The van der Waals surface area contributed by atoms with E-state index in [2.05, 4.69) is 25.4 Å². The van der Waals surface area contributed by atoms with Crippen LogP contribution >= 0.6 is 11.3 Å². The molecule has 32 heavy (non-hydrogen) atoms. The first-order chi connectivity index (χ1) is 15.6. The molecule has 2 saturated carbocycles. The summed E-state index contributed by atoms with van der Waals surface area (Å²) in [6, 6.07) is 7.71. The van der Waals surface area contributed by atoms with Crippen LogP contribution in [-0.2, 0) is 0 Å². The van der Waals surface area contributed by atoms with Crippen molar-refractivity contribution in [1.82, 2.24) is 20.5 Å². The van der Waals surface area contributed by atoms with E-state index in [1.165, 1.54) is 42.7 Å². The second-order valence-corrected chi connectivity index (χ2v) is 10.3. The molecule has 0 bridgehead atoms. The van der Waals surface area contributed by atoms with Gasteiger partial charge in [0.25, 0.3) is 0 Å². The summed E-state index contributed by atoms with van der Waals surface area (Å²) in [6.45, 7) is 1.88. The summed E-state index contributed by atoms with van der Waals surface area (Å²) in [5, 5.41) is 24.1. The lowest BCUT2D eigenvalue weighted by atomic mass is 9.92. The Morgan fingerprint density at radius 3 is 2.62 bits per heavy atom. The molecule has 1 aromatic carbocycles. The van der Waals surface area contributed by atoms with Crippen molar-refractivity contribution in [1.29, 1.82) is 0 Å². The molecule has 6 rings (SSSR count). The number of phenols is 1. The molecule has 0 spiro atoms. The zero-order chi connectivity index (χ0) is 21.7. The highest BCUT2D eigenvalue weighted by Gasteiger charge is 2.29. The van der Waals surface area contributed by atoms with E-state index in [4.69, 9.17) is 0 Å². The number of hydrogen-bond donors (Lipinski definition) is 2. The summed E-state index contributed by atoms with van der Waals surface area (Å²) < 4.78 is 14.9. The summed E-state index contributed by atoms with van der Waals surface area (Å²) >= 11 is 1.51. The Kier molecular flexibility index (Phi) is 5.07. The molecule has 0 radical (unpaired) electrons. The van der Waals surface area contributed by atoms with Gasteiger partial charge < -0.3 is 15.3 Å². The van der Waals surface area contributed by atoms with E-state index in [1.807, 2.05) is 6.07 Å².